The zero-order chi connectivity index (χ0) is 23.8. The second kappa shape index (κ2) is 8.62. The number of hydrogen-bond acceptors (Lipinski definition) is 7. The van der Waals surface area contributed by atoms with E-state index in [-0.39, 0.29) is 18.1 Å². The Kier molecular flexibility index (Phi) is 5.49. The van der Waals surface area contributed by atoms with E-state index in [1.54, 1.807) is 54.6 Å². The number of rotatable bonds is 6. The molecule has 1 aromatic heterocycles. The molecular weight excluding hydrogens is 438 g/mol. The topological polar surface area (TPSA) is 98.4 Å². The number of carbonyl (C=O) groups is 2. The van der Waals surface area contributed by atoms with Crippen molar-refractivity contribution in [3.63, 3.8) is 0 Å². The summed E-state index contributed by atoms with van der Waals surface area (Å²) in [6.07, 6.45) is 1.45. The van der Waals surface area contributed by atoms with Crippen LogP contribution in [0.1, 0.15) is 31.2 Å². The van der Waals surface area contributed by atoms with Gasteiger partial charge in [-0.2, -0.15) is 0 Å². The predicted molar refractivity (Wildman–Crippen MR) is 123 cm³/mol. The van der Waals surface area contributed by atoms with Crippen LogP contribution in [-0.4, -0.2) is 30.2 Å². The Hall–Kier alpha value is -4.20. The van der Waals surface area contributed by atoms with E-state index >= 15 is 0 Å². The Morgan fingerprint density at radius 1 is 1.09 bits per heavy atom. The van der Waals surface area contributed by atoms with Crippen molar-refractivity contribution in [3.8, 4) is 17.2 Å². The van der Waals surface area contributed by atoms with Crippen LogP contribution in [0.5, 0.6) is 17.2 Å². The molecule has 1 N–H and O–H groups in total. The molecule has 1 atom stereocenters. The first-order chi connectivity index (χ1) is 16.4. The molecule has 1 fully saturated rings. The van der Waals surface area contributed by atoms with Crippen LogP contribution in [0.25, 0.3) is 5.76 Å². The van der Waals surface area contributed by atoms with Crippen molar-refractivity contribution >= 4 is 23.1 Å². The van der Waals surface area contributed by atoms with Gasteiger partial charge >= 0.3 is 0 Å². The summed E-state index contributed by atoms with van der Waals surface area (Å²) in [5.74, 6) is 0.323. The minimum absolute atomic E-state index is 0.0707. The molecule has 0 aliphatic carbocycles. The SMILES string of the molecule is CC(C)COc1cccc(/C(O)=C2/C(=O)C(=O)N(c3ccc4c(c3)OCO4)C2c2ccco2)c1. The average molecular weight is 461 g/mol. The average Bonchev–Trinajstić information content (AvgIpc) is 3.57. The number of aliphatic hydroxyl groups excluding tert-OH is 1. The van der Waals surface area contributed by atoms with Gasteiger partial charge in [0.05, 0.1) is 18.4 Å². The molecule has 5 rings (SSSR count). The van der Waals surface area contributed by atoms with E-state index in [1.807, 2.05) is 13.8 Å². The molecule has 0 saturated carbocycles. The lowest BCUT2D eigenvalue weighted by molar-refractivity contribution is -0.132. The van der Waals surface area contributed by atoms with Gasteiger partial charge in [-0.15, -0.1) is 0 Å². The first-order valence-corrected chi connectivity index (χ1v) is 10.9. The number of anilines is 1. The first-order valence-electron chi connectivity index (χ1n) is 10.9. The molecule has 1 saturated heterocycles. The monoisotopic (exact) mass is 461 g/mol. The molecule has 2 aliphatic heterocycles. The van der Waals surface area contributed by atoms with E-state index < -0.39 is 17.7 Å². The normalized spacial score (nSPS) is 18.7. The number of carbonyl (C=O) groups excluding carboxylic acids is 2. The first kappa shape index (κ1) is 21.6. The molecule has 8 nitrogen and oxygen atoms in total. The standard InChI is InChI=1S/C26H23NO7/c1-15(2)13-32-18-6-3-5-16(11-18)24(28)22-23(20-7-4-10-31-20)27(26(30)25(22)29)17-8-9-19-21(12-17)34-14-33-19/h3-12,15,23,28H,13-14H2,1-2H3/b24-22-. The molecule has 174 valence electrons. The fourth-order valence-electron chi connectivity index (χ4n) is 4.00. The van der Waals surface area contributed by atoms with Crippen LogP contribution in [0.2, 0.25) is 0 Å². The Labute approximate surface area is 196 Å². The fraction of sp³-hybridized carbons (Fsp3) is 0.231. The largest absolute Gasteiger partial charge is 0.507 e. The van der Waals surface area contributed by atoms with Crippen LogP contribution in [0.3, 0.4) is 0 Å². The quantitative estimate of drug-likeness (QED) is 0.324. The van der Waals surface area contributed by atoms with E-state index in [0.29, 0.717) is 46.8 Å². The van der Waals surface area contributed by atoms with Gasteiger partial charge in [0.25, 0.3) is 11.7 Å². The smallest absolute Gasteiger partial charge is 0.300 e. The maximum atomic E-state index is 13.2. The van der Waals surface area contributed by atoms with Crippen molar-refractivity contribution in [1.82, 2.24) is 0 Å². The van der Waals surface area contributed by atoms with E-state index in [0.717, 1.165) is 0 Å². The number of hydrogen-bond donors (Lipinski definition) is 1. The lowest BCUT2D eigenvalue weighted by Gasteiger charge is -2.23. The maximum Gasteiger partial charge on any atom is 0.300 e. The molecule has 1 amide bonds. The van der Waals surface area contributed by atoms with Crippen molar-refractivity contribution in [1.29, 1.82) is 0 Å². The number of aliphatic hydroxyl groups is 1. The van der Waals surface area contributed by atoms with Crippen molar-refractivity contribution < 1.29 is 33.3 Å². The molecule has 2 aromatic carbocycles. The molecule has 2 aliphatic rings. The van der Waals surface area contributed by atoms with Crippen LogP contribution in [0, 0.1) is 5.92 Å². The van der Waals surface area contributed by atoms with Gasteiger partial charge in [-0.1, -0.05) is 26.0 Å². The minimum Gasteiger partial charge on any atom is -0.507 e. The fourth-order valence-corrected chi connectivity index (χ4v) is 4.00. The summed E-state index contributed by atoms with van der Waals surface area (Å²) in [5, 5.41) is 11.2. The zero-order valence-corrected chi connectivity index (χ0v) is 18.7. The van der Waals surface area contributed by atoms with Gasteiger partial charge in [0.15, 0.2) is 11.5 Å². The molecule has 1 unspecified atom stereocenters. The third-order valence-electron chi connectivity index (χ3n) is 5.58. The molecule has 34 heavy (non-hydrogen) atoms. The molecular formula is C26H23NO7. The number of benzene rings is 2. The number of ether oxygens (including phenoxy) is 3. The Bertz CT molecular complexity index is 1280. The van der Waals surface area contributed by atoms with Crippen LogP contribution in [-0.2, 0) is 9.59 Å². The summed E-state index contributed by atoms with van der Waals surface area (Å²) >= 11 is 0. The third-order valence-corrected chi connectivity index (χ3v) is 5.58. The summed E-state index contributed by atoms with van der Waals surface area (Å²) in [7, 11) is 0. The molecule has 0 bridgehead atoms. The molecule has 0 spiro atoms. The van der Waals surface area contributed by atoms with Crippen LogP contribution in [0.15, 0.2) is 70.9 Å². The lowest BCUT2D eigenvalue weighted by atomic mass is 9.99. The highest BCUT2D eigenvalue weighted by molar-refractivity contribution is 6.51. The van der Waals surface area contributed by atoms with Gasteiger partial charge < -0.3 is 23.7 Å². The summed E-state index contributed by atoms with van der Waals surface area (Å²) in [4.78, 5) is 27.7. The van der Waals surface area contributed by atoms with E-state index in [1.165, 1.54) is 11.2 Å². The number of Topliss-reactive ketones (excluding diaryl/α,β-unsaturated/α-hetero) is 1. The lowest BCUT2D eigenvalue weighted by Crippen LogP contribution is -2.29. The predicted octanol–water partition coefficient (Wildman–Crippen LogP) is 4.67. The number of furan rings is 1. The van der Waals surface area contributed by atoms with Crippen molar-refractivity contribution in [3.05, 3.63) is 77.8 Å². The minimum atomic E-state index is -0.962. The van der Waals surface area contributed by atoms with Crippen LogP contribution in [0.4, 0.5) is 5.69 Å². The zero-order valence-electron chi connectivity index (χ0n) is 18.7. The van der Waals surface area contributed by atoms with E-state index in [9.17, 15) is 14.7 Å². The van der Waals surface area contributed by atoms with E-state index in [4.69, 9.17) is 18.6 Å². The highest BCUT2D eigenvalue weighted by atomic mass is 16.7. The molecule has 3 heterocycles. The number of fused-ring (bicyclic) bond motifs is 1. The third kappa shape index (κ3) is 3.77. The highest BCUT2D eigenvalue weighted by Gasteiger charge is 2.48. The summed E-state index contributed by atoms with van der Waals surface area (Å²) in [5.41, 5.74) is 0.709. The Morgan fingerprint density at radius 3 is 2.68 bits per heavy atom. The van der Waals surface area contributed by atoms with Gasteiger partial charge in [0.1, 0.15) is 23.3 Å². The van der Waals surface area contributed by atoms with Crippen LogP contribution < -0.4 is 19.1 Å². The highest BCUT2D eigenvalue weighted by Crippen LogP contribution is 2.45. The van der Waals surface area contributed by atoms with Gasteiger partial charge in [-0.25, -0.2) is 0 Å². The van der Waals surface area contributed by atoms with Crippen molar-refractivity contribution in [2.75, 3.05) is 18.3 Å². The molecule has 0 radical (unpaired) electrons. The van der Waals surface area contributed by atoms with Crippen LogP contribution >= 0.6 is 0 Å². The number of amides is 1. The van der Waals surface area contributed by atoms with Crippen molar-refractivity contribution in [2.45, 2.75) is 19.9 Å². The summed E-state index contributed by atoms with van der Waals surface area (Å²) in [6.45, 7) is 4.65. The molecule has 3 aromatic rings. The van der Waals surface area contributed by atoms with Gasteiger partial charge in [-0.05, 0) is 42.3 Å². The Balaban J connectivity index is 1.60. The maximum absolute atomic E-state index is 13.2. The summed E-state index contributed by atoms with van der Waals surface area (Å²) in [6, 6.07) is 14.1. The van der Waals surface area contributed by atoms with Gasteiger partial charge in [-0.3, -0.25) is 14.5 Å². The second-order valence-corrected chi connectivity index (χ2v) is 8.45. The summed E-state index contributed by atoms with van der Waals surface area (Å²) < 4.78 is 22.1. The Morgan fingerprint density at radius 2 is 1.91 bits per heavy atom. The van der Waals surface area contributed by atoms with E-state index in [2.05, 4.69) is 0 Å². The second-order valence-electron chi connectivity index (χ2n) is 8.45. The van der Waals surface area contributed by atoms with Gasteiger partial charge in [0.2, 0.25) is 6.79 Å². The van der Waals surface area contributed by atoms with Gasteiger partial charge in [0, 0.05) is 17.3 Å². The number of ketones is 1. The molecule has 8 heteroatoms. The van der Waals surface area contributed by atoms with Crippen molar-refractivity contribution in [2.24, 2.45) is 5.92 Å². The number of nitrogens with zero attached hydrogens (tertiary/aromatic N) is 1.